The van der Waals surface area contributed by atoms with E-state index in [4.69, 9.17) is 9.16 Å². The van der Waals surface area contributed by atoms with Crippen molar-refractivity contribution in [3.63, 3.8) is 0 Å². The van der Waals surface area contributed by atoms with Gasteiger partial charge in [-0.25, -0.2) is 14.6 Å². The number of aromatic nitrogens is 1. The molecule has 0 aliphatic rings. The second-order valence-electron chi connectivity index (χ2n) is 11.0. The second kappa shape index (κ2) is 11.5. The number of ether oxygens (including phenoxy) is 1. The average molecular weight is 536 g/mol. The van der Waals surface area contributed by atoms with Crippen LogP contribution in [0.1, 0.15) is 57.6 Å². The first-order valence-corrected chi connectivity index (χ1v) is 15.5. The summed E-state index contributed by atoms with van der Waals surface area (Å²) in [6.07, 6.45) is -0.489. The van der Waals surface area contributed by atoms with Crippen LogP contribution in [-0.2, 0) is 20.5 Å². The monoisotopic (exact) mass is 535 g/mol. The Morgan fingerprint density at radius 1 is 1.08 bits per heavy atom. The van der Waals surface area contributed by atoms with E-state index in [9.17, 15) is 19.5 Å². The first kappa shape index (κ1) is 29.5. The molecule has 2 aromatic rings. The summed E-state index contributed by atoms with van der Waals surface area (Å²) in [5, 5.41) is 16.9. The molecule has 0 radical (unpaired) electrons. The predicted octanol–water partition coefficient (Wildman–Crippen LogP) is 5.04. The van der Waals surface area contributed by atoms with E-state index in [0.29, 0.717) is 11.6 Å². The first-order valence-electron chi connectivity index (χ1n) is 11.7. The van der Waals surface area contributed by atoms with Crippen LogP contribution in [0.5, 0.6) is 0 Å². The molecule has 2 amide bonds. The maximum atomic E-state index is 12.7. The minimum Gasteiger partial charge on any atom is -0.480 e. The lowest BCUT2D eigenvalue weighted by Crippen LogP contribution is -2.49. The largest absolute Gasteiger partial charge is 0.480 e. The highest BCUT2D eigenvalue weighted by Crippen LogP contribution is 2.36. The molecule has 0 bridgehead atoms. The van der Waals surface area contributed by atoms with Gasteiger partial charge in [-0.05, 0) is 44.5 Å². The van der Waals surface area contributed by atoms with Gasteiger partial charge in [-0.3, -0.25) is 4.79 Å². The van der Waals surface area contributed by atoms with Gasteiger partial charge in [0.25, 0.3) is 5.91 Å². The van der Waals surface area contributed by atoms with E-state index in [1.54, 1.807) is 26.2 Å². The van der Waals surface area contributed by atoms with E-state index in [-0.39, 0.29) is 17.3 Å². The molecule has 9 nitrogen and oxygen atoms in total. The van der Waals surface area contributed by atoms with Crippen molar-refractivity contribution in [1.29, 1.82) is 0 Å². The number of carboxylic acids is 1. The molecule has 198 valence electrons. The molecule has 1 heterocycles. The zero-order valence-electron chi connectivity index (χ0n) is 22.2. The molecule has 0 aliphatic heterocycles. The Morgan fingerprint density at radius 2 is 1.69 bits per heavy atom. The Hall–Kier alpha value is -2.76. The van der Waals surface area contributed by atoms with E-state index in [1.807, 2.05) is 37.4 Å². The van der Waals surface area contributed by atoms with Crippen LogP contribution in [-0.4, -0.2) is 54.6 Å². The topological polar surface area (TPSA) is 127 Å². The normalized spacial score (nSPS) is 13.1. The number of amides is 2. The van der Waals surface area contributed by atoms with Crippen molar-refractivity contribution >= 4 is 37.6 Å². The third kappa shape index (κ3) is 8.72. The van der Waals surface area contributed by atoms with Crippen LogP contribution in [0.2, 0.25) is 18.1 Å². The van der Waals surface area contributed by atoms with Gasteiger partial charge in [0.15, 0.2) is 8.32 Å². The van der Waals surface area contributed by atoms with Crippen LogP contribution in [0.3, 0.4) is 0 Å². The Labute approximate surface area is 217 Å². The number of carboxylic acid groups (broad SMARTS) is 1. The highest BCUT2D eigenvalue weighted by molar-refractivity contribution is 7.13. The number of carbonyl (C=O) groups is 3. The summed E-state index contributed by atoms with van der Waals surface area (Å²) in [5.74, 6) is -1.73. The zero-order valence-corrected chi connectivity index (χ0v) is 24.0. The number of aliphatic carboxylic acids is 1. The fourth-order valence-electron chi connectivity index (χ4n) is 2.68. The Kier molecular flexibility index (Phi) is 9.44. The van der Waals surface area contributed by atoms with E-state index in [2.05, 4.69) is 36.4 Å². The lowest BCUT2D eigenvalue weighted by molar-refractivity contribution is -0.140. The number of alkyl carbamates (subject to hydrolysis) is 1. The van der Waals surface area contributed by atoms with Gasteiger partial charge in [0, 0.05) is 17.5 Å². The van der Waals surface area contributed by atoms with Crippen molar-refractivity contribution in [3.8, 4) is 10.6 Å². The van der Waals surface area contributed by atoms with Gasteiger partial charge in [-0.15, -0.1) is 11.3 Å². The number of carbonyl (C=O) groups excluding carboxylic acids is 2. The predicted molar refractivity (Wildman–Crippen MR) is 143 cm³/mol. The highest BCUT2D eigenvalue weighted by Gasteiger charge is 2.38. The lowest BCUT2D eigenvalue weighted by atomic mass is 10.1. The fourth-order valence-corrected chi connectivity index (χ4v) is 4.50. The van der Waals surface area contributed by atoms with Crippen LogP contribution in [0.25, 0.3) is 10.6 Å². The van der Waals surface area contributed by atoms with Gasteiger partial charge in [-0.2, -0.15) is 0 Å². The minimum atomic E-state index is -2.17. The molecule has 2 rings (SSSR count). The zero-order chi connectivity index (χ0) is 27.3. The highest BCUT2D eigenvalue weighted by atomic mass is 32.1. The van der Waals surface area contributed by atoms with E-state index >= 15 is 0 Å². The van der Waals surface area contributed by atoms with Crippen LogP contribution in [0.4, 0.5) is 4.79 Å². The summed E-state index contributed by atoms with van der Waals surface area (Å²) in [6.45, 7) is 15.9. The standard InChI is InChI=1S/C25H37N3O6SSi/c1-24(2,3)34-23(32)26-13-16-9-11-17(12-10-16)21-28-19(15-35-21)20(29)27-18(22(30)31)14-33-36(7,8)25(4,5)6/h9-12,15,18H,13-14H2,1-8H3,(H,26,32)(H,27,29)(H,30,31)/t18-/m0/s1. The molecule has 36 heavy (non-hydrogen) atoms. The van der Waals surface area contributed by atoms with Gasteiger partial charge in [0.2, 0.25) is 0 Å². The molecule has 0 fully saturated rings. The molecule has 3 N–H and O–H groups in total. The summed E-state index contributed by atoms with van der Waals surface area (Å²) in [5.41, 5.74) is 1.26. The number of thiazole rings is 1. The van der Waals surface area contributed by atoms with Gasteiger partial charge in [0.05, 0.1) is 6.61 Å². The molecule has 0 unspecified atom stereocenters. The SMILES string of the molecule is CC(C)(C)OC(=O)NCc1ccc(-c2nc(C(=O)N[C@@H](CO[Si](C)(C)C(C)(C)C)C(=O)O)cs2)cc1. The first-order chi connectivity index (χ1) is 16.5. The fraction of sp³-hybridized carbons (Fsp3) is 0.520. The smallest absolute Gasteiger partial charge is 0.407 e. The summed E-state index contributed by atoms with van der Waals surface area (Å²) in [6, 6.07) is 6.23. The van der Waals surface area contributed by atoms with Crippen molar-refractivity contribution < 1.29 is 28.7 Å². The van der Waals surface area contributed by atoms with Crippen molar-refractivity contribution in [2.45, 2.75) is 77.9 Å². The molecule has 1 aromatic carbocycles. The van der Waals surface area contributed by atoms with Crippen LogP contribution >= 0.6 is 11.3 Å². The molecule has 0 aliphatic carbocycles. The van der Waals surface area contributed by atoms with E-state index in [0.717, 1.165) is 11.1 Å². The molecule has 0 saturated carbocycles. The quantitative estimate of drug-likeness (QED) is 0.384. The lowest BCUT2D eigenvalue weighted by Gasteiger charge is -2.36. The average Bonchev–Trinajstić information content (AvgIpc) is 3.23. The van der Waals surface area contributed by atoms with Crippen molar-refractivity contribution in [2.24, 2.45) is 0 Å². The summed E-state index contributed by atoms with van der Waals surface area (Å²) in [7, 11) is -2.17. The third-order valence-electron chi connectivity index (χ3n) is 5.79. The van der Waals surface area contributed by atoms with Gasteiger partial charge in [-0.1, -0.05) is 45.0 Å². The molecular formula is C25H37N3O6SSi. The number of benzene rings is 1. The third-order valence-corrected chi connectivity index (χ3v) is 11.2. The molecule has 11 heteroatoms. The van der Waals surface area contributed by atoms with Crippen molar-refractivity contribution in [3.05, 3.63) is 40.9 Å². The number of nitrogens with one attached hydrogen (secondary N) is 2. The maximum absolute atomic E-state index is 12.7. The number of rotatable bonds is 9. The molecule has 0 spiro atoms. The van der Waals surface area contributed by atoms with Crippen LogP contribution < -0.4 is 10.6 Å². The van der Waals surface area contributed by atoms with Crippen LogP contribution in [0, 0.1) is 0 Å². The van der Waals surface area contributed by atoms with Gasteiger partial charge >= 0.3 is 12.1 Å². The Balaban J connectivity index is 1.99. The Morgan fingerprint density at radius 3 is 2.22 bits per heavy atom. The van der Waals surface area contributed by atoms with Crippen molar-refractivity contribution in [1.82, 2.24) is 15.6 Å². The molecular weight excluding hydrogens is 498 g/mol. The second-order valence-corrected chi connectivity index (χ2v) is 16.7. The van der Waals surface area contributed by atoms with Gasteiger partial charge < -0.3 is 24.9 Å². The molecule has 1 atom stereocenters. The summed E-state index contributed by atoms with van der Waals surface area (Å²) >= 11 is 1.28. The van der Waals surface area contributed by atoms with Crippen LogP contribution in [0.15, 0.2) is 29.6 Å². The number of hydrogen-bond donors (Lipinski definition) is 3. The summed E-state index contributed by atoms with van der Waals surface area (Å²) in [4.78, 5) is 40.6. The van der Waals surface area contributed by atoms with Crippen molar-refractivity contribution in [2.75, 3.05) is 6.61 Å². The maximum Gasteiger partial charge on any atom is 0.407 e. The van der Waals surface area contributed by atoms with Gasteiger partial charge in [0.1, 0.15) is 22.3 Å². The molecule has 0 saturated heterocycles. The molecule has 1 aromatic heterocycles. The number of hydrogen-bond acceptors (Lipinski definition) is 7. The minimum absolute atomic E-state index is 0.0782. The van der Waals surface area contributed by atoms with E-state index in [1.165, 1.54) is 11.3 Å². The number of nitrogens with zero attached hydrogens (tertiary/aromatic N) is 1. The summed E-state index contributed by atoms with van der Waals surface area (Å²) < 4.78 is 11.2. The Bertz CT molecular complexity index is 1070. The van der Waals surface area contributed by atoms with E-state index < -0.39 is 37.9 Å².